The fourth-order valence-electron chi connectivity index (χ4n) is 3.76. The van der Waals surface area contributed by atoms with Crippen molar-refractivity contribution in [2.24, 2.45) is 0 Å². The molecule has 1 aliphatic heterocycles. The second kappa shape index (κ2) is 7.60. The van der Waals surface area contributed by atoms with Crippen LogP contribution in [0.4, 0.5) is 0 Å². The highest BCUT2D eigenvalue weighted by atomic mass is 35.5. The number of aryl methyl sites for hydroxylation is 3. The van der Waals surface area contributed by atoms with Crippen molar-refractivity contribution in [2.45, 2.75) is 38.5 Å². The van der Waals surface area contributed by atoms with Crippen LogP contribution in [0.2, 0.25) is 5.02 Å². The zero-order valence-electron chi connectivity index (χ0n) is 16.4. The number of nitrogens with zero attached hydrogens (tertiary/aromatic N) is 4. The second-order valence-electron chi connectivity index (χ2n) is 7.11. The third kappa shape index (κ3) is 3.73. The summed E-state index contributed by atoms with van der Waals surface area (Å²) < 4.78 is 33.0. The molecule has 0 saturated heterocycles. The van der Waals surface area contributed by atoms with Gasteiger partial charge in [0.1, 0.15) is 11.5 Å². The molecule has 29 heavy (non-hydrogen) atoms. The summed E-state index contributed by atoms with van der Waals surface area (Å²) in [5.74, 6) is 0.970. The largest absolute Gasteiger partial charge is 0.593 e. The minimum atomic E-state index is -3.70. The number of hydrogen-bond donors (Lipinski definition) is 0. The van der Waals surface area contributed by atoms with Crippen molar-refractivity contribution in [1.29, 1.82) is 0 Å². The lowest BCUT2D eigenvalue weighted by Gasteiger charge is -2.25. The molecule has 0 fully saturated rings. The van der Waals surface area contributed by atoms with Gasteiger partial charge in [0.2, 0.25) is 4.90 Å². The maximum atomic E-state index is 13.2. The van der Waals surface area contributed by atoms with Gasteiger partial charge in [0.15, 0.2) is 16.2 Å². The summed E-state index contributed by atoms with van der Waals surface area (Å²) in [7, 11) is -3.70. The standard InChI is InChI=1S/C20H21ClN4O3S/c1-12-20(13(2)28-24-12)29(26,27)25-10-8-17-18(9-11-25)22-14(3)23-19(17)15-4-6-16(21)7-5-15/h4-7H,8-11H2,1-3H3. The highest BCUT2D eigenvalue weighted by Gasteiger charge is 2.38. The third-order valence-corrected chi connectivity index (χ3v) is 7.49. The van der Waals surface area contributed by atoms with Gasteiger partial charge in [0, 0.05) is 48.3 Å². The maximum absolute atomic E-state index is 13.2. The fourth-order valence-corrected chi connectivity index (χ4v) is 5.62. The van der Waals surface area contributed by atoms with Crippen LogP contribution in [0, 0.1) is 20.8 Å². The summed E-state index contributed by atoms with van der Waals surface area (Å²) in [6.07, 6.45) is 1.04. The van der Waals surface area contributed by atoms with Gasteiger partial charge in [-0.25, -0.2) is 9.97 Å². The Labute approximate surface area is 175 Å². The number of benzene rings is 1. The molecule has 2 aromatic heterocycles. The molecule has 0 bridgehead atoms. The Bertz CT molecular complexity index is 1090. The predicted molar refractivity (Wildman–Crippen MR) is 109 cm³/mol. The Kier molecular flexibility index (Phi) is 5.29. The van der Waals surface area contributed by atoms with Crippen molar-refractivity contribution in [2.75, 3.05) is 13.1 Å². The van der Waals surface area contributed by atoms with E-state index in [1.807, 2.05) is 31.2 Å². The van der Waals surface area contributed by atoms with Crippen molar-refractivity contribution in [3.05, 3.63) is 57.8 Å². The molecule has 1 atom stereocenters. The van der Waals surface area contributed by atoms with Crippen LogP contribution in [0.25, 0.3) is 11.3 Å². The van der Waals surface area contributed by atoms with Crippen LogP contribution < -0.4 is 0 Å². The normalized spacial score (nSPS) is 16.9. The molecular weight excluding hydrogens is 412 g/mol. The van der Waals surface area contributed by atoms with Gasteiger partial charge in [-0.3, -0.25) is 0 Å². The smallest absolute Gasteiger partial charge is 0.240 e. The predicted octanol–water partition coefficient (Wildman–Crippen LogP) is 3.71. The quantitative estimate of drug-likeness (QED) is 0.585. The van der Waals surface area contributed by atoms with Gasteiger partial charge >= 0.3 is 0 Å². The molecule has 0 radical (unpaired) electrons. The van der Waals surface area contributed by atoms with Gasteiger partial charge in [-0.05, 0) is 32.4 Å². The van der Waals surface area contributed by atoms with Gasteiger partial charge in [0.25, 0.3) is 0 Å². The van der Waals surface area contributed by atoms with E-state index in [2.05, 4.69) is 15.1 Å². The monoisotopic (exact) mass is 432 g/mol. The third-order valence-electron chi connectivity index (χ3n) is 5.10. The van der Waals surface area contributed by atoms with Crippen LogP contribution in [0.3, 0.4) is 0 Å². The van der Waals surface area contributed by atoms with Crippen molar-refractivity contribution in [3.8, 4) is 11.3 Å². The number of aromatic nitrogens is 3. The van der Waals surface area contributed by atoms with E-state index in [0.717, 1.165) is 22.5 Å². The SMILES string of the molecule is Cc1nc2c(c(-c3ccc(Cl)cc3)n1)CCN([S+](=O)([O-])c1c(C)noc1C)CC2. The first-order chi connectivity index (χ1) is 13.8. The van der Waals surface area contributed by atoms with E-state index in [4.69, 9.17) is 16.1 Å². The number of sulfonamides is 1. The van der Waals surface area contributed by atoms with E-state index < -0.39 is 10.4 Å². The molecule has 0 aliphatic carbocycles. The first kappa shape index (κ1) is 20.2. The summed E-state index contributed by atoms with van der Waals surface area (Å²) in [5, 5.41) is 4.45. The summed E-state index contributed by atoms with van der Waals surface area (Å²) in [6.45, 7) is 5.79. The van der Waals surface area contributed by atoms with Crippen LogP contribution >= 0.6 is 11.6 Å². The molecule has 0 amide bonds. The van der Waals surface area contributed by atoms with E-state index in [1.54, 1.807) is 13.8 Å². The lowest BCUT2D eigenvalue weighted by molar-refractivity contribution is 0.358. The first-order valence-electron chi connectivity index (χ1n) is 9.32. The molecule has 7 nitrogen and oxygen atoms in total. The molecule has 0 N–H and O–H groups in total. The lowest BCUT2D eigenvalue weighted by Crippen LogP contribution is -2.38. The average Bonchev–Trinajstić information content (AvgIpc) is 2.88. The van der Waals surface area contributed by atoms with E-state index >= 15 is 0 Å². The van der Waals surface area contributed by atoms with Crippen molar-refractivity contribution in [1.82, 2.24) is 19.4 Å². The molecule has 152 valence electrons. The molecule has 3 heterocycles. The highest BCUT2D eigenvalue weighted by molar-refractivity contribution is 7.95. The van der Waals surface area contributed by atoms with Crippen LogP contribution in [-0.2, 0) is 27.5 Å². The van der Waals surface area contributed by atoms with E-state index in [-0.39, 0.29) is 4.90 Å². The maximum Gasteiger partial charge on any atom is 0.240 e. The van der Waals surface area contributed by atoms with Crippen molar-refractivity contribution < 1.29 is 13.3 Å². The summed E-state index contributed by atoms with van der Waals surface area (Å²) >= 11 is 6.02. The molecule has 3 aromatic rings. The first-order valence-corrected chi connectivity index (χ1v) is 11.1. The zero-order chi connectivity index (χ0) is 20.8. The van der Waals surface area contributed by atoms with E-state index in [1.165, 1.54) is 4.31 Å². The van der Waals surface area contributed by atoms with Crippen LogP contribution in [0.15, 0.2) is 33.7 Å². The minimum absolute atomic E-state index is 0.156. The number of hydrogen-bond acceptors (Lipinski definition) is 6. The molecule has 1 unspecified atom stereocenters. The summed E-state index contributed by atoms with van der Waals surface area (Å²) in [6, 6.07) is 7.50. The number of fused-ring (bicyclic) bond motifs is 1. The number of halogens is 1. The lowest BCUT2D eigenvalue weighted by atomic mass is 10.0. The van der Waals surface area contributed by atoms with Gasteiger partial charge < -0.3 is 9.08 Å². The van der Waals surface area contributed by atoms with Crippen LogP contribution in [-0.4, -0.2) is 37.1 Å². The Morgan fingerprint density at radius 2 is 1.79 bits per heavy atom. The zero-order valence-corrected chi connectivity index (χ0v) is 18.0. The molecular formula is C20H21ClN4O3S. The molecule has 1 aliphatic rings. The van der Waals surface area contributed by atoms with Crippen molar-refractivity contribution in [3.63, 3.8) is 0 Å². The molecule has 0 saturated carbocycles. The van der Waals surface area contributed by atoms with Gasteiger partial charge in [-0.2, -0.15) is 0 Å². The molecule has 9 heteroatoms. The Balaban J connectivity index is 1.70. The Morgan fingerprint density at radius 3 is 2.45 bits per heavy atom. The minimum Gasteiger partial charge on any atom is -0.593 e. The molecule has 4 rings (SSSR count). The average molecular weight is 433 g/mol. The Hall–Kier alpha value is -2.13. The summed E-state index contributed by atoms with van der Waals surface area (Å²) in [4.78, 5) is 9.40. The molecule has 0 spiro atoms. The van der Waals surface area contributed by atoms with Gasteiger partial charge in [-0.1, -0.05) is 33.1 Å². The van der Waals surface area contributed by atoms with E-state index in [0.29, 0.717) is 48.2 Å². The van der Waals surface area contributed by atoms with Crippen LogP contribution in [0.1, 0.15) is 28.5 Å². The fraction of sp³-hybridized carbons (Fsp3) is 0.350. The van der Waals surface area contributed by atoms with Crippen LogP contribution in [0.5, 0.6) is 0 Å². The topological polar surface area (TPSA) is 95.2 Å². The van der Waals surface area contributed by atoms with Gasteiger partial charge in [0.05, 0.1) is 5.69 Å². The number of rotatable bonds is 3. The highest BCUT2D eigenvalue weighted by Crippen LogP contribution is 2.32. The van der Waals surface area contributed by atoms with Crippen molar-refractivity contribution >= 4 is 22.0 Å². The second-order valence-corrected chi connectivity index (χ2v) is 9.42. The Morgan fingerprint density at radius 1 is 1.10 bits per heavy atom. The van der Waals surface area contributed by atoms with E-state index in [9.17, 15) is 8.76 Å². The summed E-state index contributed by atoms with van der Waals surface area (Å²) in [5.41, 5.74) is 4.02. The van der Waals surface area contributed by atoms with Gasteiger partial charge in [-0.15, -0.1) is 4.31 Å². The molecule has 1 aromatic carbocycles.